The standard InChI is InChI=1S/C16H12F2N2O/c17-11-4-3-10(13(18)8-11)9-21-15-6-5-14(19)12-2-1-7-20-16(12)15/h1-8H,9,19H2. The number of hydrogen-bond acceptors (Lipinski definition) is 3. The van der Waals surface area contributed by atoms with Crippen molar-refractivity contribution in [1.29, 1.82) is 0 Å². The molecule has 106 valence electrons. The van der Waals surface area contributed by atoms with Gasteiger partial charge in [-0.15, -0.1) is 0 Å². The highest BCUT2D eigenvalue weighted by Crippen LogP contribution is 2.28. The number of nitrogen functional groups attached to an aromatic ring is 1. The number of anilines is 1. The normalized spacial score (nSPS) is 10.8. The summed E-state index contributed by atoms with van der Waals surface area (Å²) in [7, 11) is 0. The van der Waals surface area contributed by atoms with Crippen molar-refractivity contribution < 1.29 is 13.5 Å². The lowest BCUT2D eigenvalue weighted by Crippen LogP contribution is -2.00. The van der Waals surface area contributed by atoms with Gasteiger partial charge < -0.3 is 10.5 Å². The molecule has 0 aliphatic heterocycles. The Morgan fingerprint density at radius 2 is 1.95 bits per heavy atom. The molecule has 0 saturated carbocycles. The maximum atomic E-state index is 13.6. The second-order valence-electron chi connectivity index (χ2n) is 4.58. The Balaban J connectivity index is 1.90. The zero-order chi connectivity index (χ0) is 14.8. The minimum absolute atomic E-state index is 0.0122. The Morgan fingerprint density at radius 3 is 2.76 bits per heavy atom. The quantitative estimate of drug-likeness (QED) is 0.747. The summed E-state index contributed by atoms with van der Waals surface area (Å²) in [5.74, 6) is -0.748. The van der Waals surface area contributed by atoms with Crippen molar-refractivity contribution in [2.45, 2.75) is 6.61 Å². The van der Waals surface area contributed by atoms with E-state index in [0.29, 0.717) is 17.0 Å². The molecule has 0 bridgehead atoms. The third kappa shape index (κ3) is 2.63. The maximum absolute atomic E-state index is 13.6. The lowest BCUT2D eigenvalue weighted by Gasteiger charge is -2.10. The Kier molecular flexibility index (Phi) is 3.39. The van der Waals surface area contributed by atoms with E-state index in [9.17, 15) is 8.78 Å². The van der Waals surface area contributed by atoms with Crippen LogP contribution in [0.15, 0.2) is 48.7 Å². The highest BCUT2D eigenvalue weighted by Gasteiger charge is 2.08. The summed E-state index contributed by atoms with van der Waals surface area (Å²) in [4.78, 5) is 4.23. The number of hydrogen-bond donors (Lipinski definition) is 1. The third-order valence-electron chi connectivity index (χ3n) is 3.16. The van der Waals surface area contributed by atoms with E-state index in [1.54, 1.807) is 24.4 Å². The predicted octanol–water partition coefficient (Wildman–Crippen LogP) is 3.67. The molecule has 3 rings (SSSR count). The van der Waals surface area contributed by atoms with Gasteiger partial charge in [0, 0.05) is 28.9 Å². The Bertz CT molecular complexity index is 805. The van der Waals surface area contributed by atoms with Crippen LogP contribution in [-0.2, 0) is 6.61 Å². The van der Waals surface area contributed by atoms with Gasteiger partial charge in [-0.1, -0.05) is 0 Å². The first-order valence-corrected chi connectivity index (χ1v) is 6.35. The highest BCUT2D eigenvalue weighted by molar-refractivity contribution is 5.94. The van der Waals surface area contributed by atoms with Gasteiger partial charge in [0.15, 0.2) is 0 Å². The number of halogens is 2. The summed E-state index contributed by atoms with van der Waals surface area (Å²) >= 11 is 0. The van der Waals surface area contributed by atoms with Crippen LogP contribution in [0.3, 0.4) is 0 Å². The van der Waals surface area contributed by atoms with Crippen molar-refractivity contribution in [3.63, 3.8) is 0 Å². The van der Waals surface area contributed by atoms with Crippen LogP contribution in [-0.4, -0.2) is 4.98 Å². The number of nitrogens with zero attached hydrogens (tertiary/aromatic N) is 1. The largest absolute Gasteiger partial charge is 0.487 e. The van der Waals surface area contributed by atoms with Crippen molar-refractivity contribution in [2.75, 3.05) is 5.73 Å². The second kappa shape index (κ2) is 5.36. The van der Waals surface area contributed by atoms with Gasteiger partial charge in [-0.25, -0.2) is 8.78 Å². The molecule has 21 heavy (non-hydrogen) atoms. The summed E-state index contributed by atoms with van der Waals surface area (Å²) in [6, 6.07) is 10.4. The first kappa shape index (κ1) is 13.3. The molecule has 0 fully saturated rings. The zero-order valence-electron chi connectivity index (χ0n) is 11.0. The number of pyridine rings is 1. The molecular weight excluding hydrogens is 274 g/mol. The summed E-state index contributed by atoms with van der Waals surface area (Å²) in [6.45, 7) is -0.0122. The number of benzene rings is 2. The van der Waals surface area contributed by atoms with E-state index in [1.807, 2.05) is 6.07 Å². The Labute approximate surface area is 120 Å². The number of rotatable bonds is 3. The summed E-state index contributed by atoms with van der Waals surface area (Å²) in [5, 5.41) is 0.773. The van der Waals surface area contributed by atoms with E-state index in [1.165, 1.54) is 12.1 Å². The van der Waals surface area contributed by atoms with Gasteiger partial charge in [-0.2, -0.15) is 0 Å². The molecule has 1 aromatic heterocycles. The predicted molar refractivity (Wildman–Crippen MR) is 76.8 cm³/mol. The van der Waals surface area contributed by atoms with Crippen LogP contribution < -0.4 is 10.5 Å². The molecule has 2 N–H and O–H groups in total. The van der Waals surface area contributed by atoms with Crippen molar-refractivity contribution in [3.8, 4) is 5.75 Å². The molecule has 2 aromatic carbocycles. The van der Waals surface area contributed by atoms with Crippen molar-refractivity contribution in [2.24, 2.45) is 0 Å². The van der Waals surface area contributed by atoms with E-state index < -0.39 is 11.6 Å². The van der Waals surface area contributed by atoms with Crippen LogP contribution in [0.25, 0.3) is 10.9 Å². The molecule has 1 heterocycles. The van der Waals surface area contributed by atoms with Gasteiger partial charge in [-0.3, -0.25) is 4.98 Å². The minimum atomic E-state index is -0.636. The smallest absolute Gasteiger partial charge is 0.146 e. The molecule has 0 aliphatic rings. The number of fused-ring (bicyclic) bond motifs is 1. The fraction of sp³-hybridized carbons (Fsp3) is 0.0625. The van der Waals surface area contributed by atoms with Gasteiger partial charge in [0.05, 0.1) is 0 Å². The number of aromatic nitrogens is 1. The zero-order valence-corrected chi connectivity index (χ0v) is 11.0. The average molecular weight is 286 g/mol. The van der Waals surface area contributed by atoms with E-state index in [0.717, 1.165) is 11.5 Å². The van der Waals surface area contributed by atoms with Gasteiger partial charge in [0.2, 0.25) is 0 Å². The summed E-state index contributed by atoms with van der Waals surface area (Å²) < 4.78 is 32.0. The summed E-state index contributed by atoms with van der Waals surface area (Å²) in [6.07, 6.45) is 1.63. The van der Waals surface area contributed by atoms with E-state index in [4.69, 9.17) is 10.5 Å². The fourth-order valence-corrected chi connectivity index (χ4v) is 2.08. The molecular formula is C16H12F2N2O. The van der Waals surface area contributed by atoms with Crippen molar-refractivity contribution >= 4 is 16.6 Å². The summed E-state index contributed by atoms with van der Waals surface area (Å²) in [5.41, 5.74) is 7.36. The topological polar surface area (TPSA) is 48.1 Å². The highest BCUT2D eigenvalue weighted by atomic mass is 19.1. The van der Waals surface area contributed by atoms with Gasteiger partial charge >= 0.3 is 0 Å². The Hall–Kier alpha value is -2.69. The van der Waals surface area contributed by atoms with Gasteiger partial charge in [-0.05, 0) is 36.4 Å². The van der Waals surface area contributed by atoms with Crippen LogP contribution in [0.5, 0.6) is 5.75 Å². The number of ether oxygens (including phenoxy) is 1. The van der Waals surface area contributed by atoms with E-state index in [2.05, 4.69) is 4.98 Å². The van der Waals surface area contributed by atoms with Crippen molar-refractivity contribution in [1.82, 2.24) is 4.98 Å². The van der Waals surface area contributed by atoms with E-state index >= 15 is 0 Å². The SMILES string of the molecule is Nc1ccc(OCc2ccc(F)cc2F)c2ncccc12. The molecule has 0 amide bonds. The monoisotopic (exact) mass is 286 g/mol. The van der Waals surface area contributed by atoms with Crippen molar-refractivity contribution in [3.05, 3.63) is 65.9 Å². The molecule has 0 radical (unpaired) electrons. The fourth-order valence-electron chi connectivity index (χ4n) is 2.08. The molecule has 0 spiro atoms. The number of nitrogens with two attached hydrogens (primary N) is 1. The van der Waals surface area contributed by atoms with Gasteiger partial charge in [0.1, 0.15) is 29.5 Å². The molecule has 0 aliphatic carbocycles. The molecule has 5 heteroatoms. The first-order valence-electron chi connectivity index (χ1n) is 6.35. The average Bonchev–Trinajstić information content (AvgIpc) is 2.48. The lowest BCUT2D eigenvalue weighted by atomic mass is 10.1. The van der Waals surface area contributed by atoms with E-state index in [-0.39, 0.29) is 12.2 Å². The molecule has 0 unspecified atom stereocenters. The molecule has 0 atom stereocenters. The first-order chi connectivity index (χ1) is 10.1. The molecule has 3 aromatic rings. The van der Waals surface area contributed by atoms with Crippen LogP contribution >= 0.6 is 0 Å². The third-order valence-corrected chi connectivity index (χ3v) is 3.16. The maximum Gasteiger partial charge on any atom is 0.146 e. The van der Waals surface area contributed by atoms with Crippen LogP contribution in [0.2, 0.25) is 0 Å². The van der Waals surface area contributed by atoms with Gasteiger partial charge in [0.25, 0.3) is 0 Å². The second-order valence-corrected chi connectivity index (χ2v) is 4.58. The van der Waals surface area contributed by atoms with Crippen LogP contribution in [0.1, 0.15) is 5.56 Å². The van der Waals surface area contributed by atoms with Crippen LogP contribution in [0, 0.1) is 11.6 Å². The van der Waals surface area contributed by atoms with Crippen LogP contribution in [0.4, 0.5) is 14.5 Å². The minimum Gasteiger partial charge on any atom is -0.487 e. The molecule has 3 nitrogen and oxygen atoms in total. The molecule has 0 saturated heterocycles. The Morgan fingerprint density at radius 1 is 1.10 bits per heavy atom. The lowest BCUT2D eigenvalue weighted by molar-refractivity contribution is 0.302.